The zero-order chi connectivity index (χ0) is 22.1. The van der Waals surface area contributed by atoms with Gasteiger partial charge in [0.2, 0.25) is 0 Å². The van der Waals surface area contributed by atoms with Gasteiger partial charge in [-0.1, -0.05) is 29.3 Å². The van der Waals surface area contributed by atoms with Gasteiger partial charge < -0.3 is 4.57 Å². The third-order valence-corrected chi connectivity index (χ3v) is 5.19. The predicted molar refractivity (Wildman–Crippen MR) is 112 cm³/mol. The maximum atomic E-state index is 12.8. The van der Waals surface area contributed by atoms with E-state index < -0.39 is 17.6 Å². The number of aryl methyl sites for hydroxylation is 1. The van der Waals surface area contributed by atoms with Gasteiger partial charge in [-0.2, -0.15) is 18.3 Å². The van der Waals surface area contributed by atoms with Gasteiger partial charge in [0.1, 0.15) is 0 Å². The van der Waals surface area contributed by atoms with Gasteiger partial charge in [0.15, 0.2) is 0 Å². The molecule has 1 aromatic heterocycles. The summed E-state index contributed by atoms with van der Waals surface area (Å²) in [5, 5.41) is 4.75. The third-order valence-electron chi connectivity index (χ3n) is 4.45. The second-order valence-electron chi connectivity index (χ2n) is 6.54. The minimum absolute atomic E-state index is 0.136. The number of aromatic nitrogens is 1. The number of benzene rings is 2. The highest BCUT2D eigenvalue weighted by atomic mass is 35.5. The third kappa shape index (κ3) is 4.68. The van der Waals surface area contributed by atoms with Crippen LogP contribution in [-0.4, -0.2) is 16.7 Å². The summed E-state index contributed by atoms with van der Waals surface area (Å²) < 4.78 is 40.3. The Morgan fingerprint density at radius 3 is 2.47 bits per heavy atom. The standard InChI is InChI=1S/C21H16Cl2F3N3O/c1-12-8-15(13(2)29(12)17-6-7-18(22)19(23)10-17)11-27-28-20(30)14-4-3-5-16(9-14)21(24,25)26/h3-11H,1-2H3,(H,28,30)/b27-11+. The van der Waals surface area contributed by atoms with Crippen molar-refractivity contribution in [1.29, 1.82) is 0 Å². The zero-order valence-corrected chi connectivity index (χ0v) is 17.4. The molecule has 30 heavy (non-hydrogen) atoms. The smallest absolute Gasteiger partial charge is 0.318 e. The van der Waals surface area contributed by atoms with Gasteiger partial charge in [0, 0.05) is 28.2 Å². The summed E-state index contributed by atoms with van der Waals surface area (Å²) in [6.45, 7) is 3.76. The minimum atomic E-state index is -4.53. The van der Waals surface area contributed by atoms with Crippen molar-refractivity contribution in [1.82, 2.24) is 9.99 Å². The van der Waals surface area contributed by atoms with E-state index in [1.165, 1.54) is 18.3 Å². The summed E-state index contributed by atoms with van der Waals surface area (Å²) in [6.07, 6.45) is -3.09. The first-order valence-electron chi connectivity index (χ1n) is 8.73. The fourth-order valence-electron chi connectivity index (χ4n) is 3.00. The molecule has 2 aromatic carbocycles. The molecule has 3 rings (SSSR count). The number of amides is 1. The number of rotatable bonds is 4. The summed E-state index contributed by atoms with van der Waals surface area (Å²) in [4.78, 5) is 12.1. The molecule has 9 heteroatoms. The van der Waals surface area contributed by atoms with Crippen LogP contribution >= 0.6 is 23.2 Å². The van der Waals surface area contributed by atoms with Crippen molar-refractivity contribution >= 4 is 35.3 Å². The molecule has 0 aliphatic rings. The Bertz CT molecular complexity index is 1140. The Balaban J connectivity index is 1.79. The lowest BCUT2D eigenvalue weighted by atomic mass is 10.1. The molecular weight excluding hydrogens is 438 g/mol. The fourth-order valence-corrected chi connectivity index (χ4v) is 3.29. The van der Waals surface area contributed by atoms with Gasteiger partial charge in [-0.05, 0) is 56.3 Å². The molecule has 0 atom stereocenters. The van der Waals surface area contributed by atoms with Crippen LogP contribution < -0.4 is 5.43 Å². The largest absolute Gasteiger partial charge is 0.416 e. The summed E-state index contributed by atoms with van der Waals surface area (Å²) in [7, 11) is 0. The second kappa shape index (κ2) is 8.53. The van der Waals surface area contributed by atoms with Gasteiger partial charge >= 0.3 is 6.18 Å². The molecule has 4 nitrogen and oxygen atoms in total. The molecule has 0 saturated carbocycles. The Morgan fingerprint density at radius 1 is 1.07 bits per heavy atom. The van der Waals surface area contributed by atoms with Crippen LogP contribution in [0.4, 0.5) is 13.2 Å². The van der Waals surface area contributed by atoms with Crippen molar-refractivity contribution in [2.75, 3.05) is 0 Å². The van der Waals surface area contributed by atoms with E-state index in [-0.39, 0.29) is 5.56 Å². The highest BCUT2D eigenvalue weighted by molar-refractivity contribution is 6.42. The fraction of sp³-hybridized carbons (Fsp3) is 0.143. The van der Waals surface area contributed by atoms with Crippen LogP contribution in [0.1, 0.15) is 32.9 Å². The maximum Gasteiger partial charge on any atom is 0.416 e. The first kappa shape index (κ1) is 21.9. The van der Waals surface area contributed by atoms with Gasteiger partial charge in [0.05, 0.1) is 21.8 Å². The lowest BCUT2D eigenvalue weighted by molar-refractivity contribution is -0.137. The number of hydrogen-bond acceptors (Lipinski definition) is 2. The van der Waals surface area contributed by atoms with Crippen molar-refractivity contribution < 1.29 is 18.0 Å². The first-order valence-corrected chi connectivity index (χ1v) is 9.48. The van der Waals surface area contributed by atoms with E-state index in [0.717, 1.165) is 34.8 Å². The quantitative estimate of drug-likeness (QED) is 0.371. The van der Waals surface area contributed by atoms with Gasteiger partial charge in [-0.25, -0.2) is 5.43 Å². The number of nitrogens with one attached hydrogen (secondary N) is 1. The van der Waals surface area contributed by atoms with Crippen LogP contribution in [-0.2, 0) is 6.18 Å². The average molecular weight is 454 g/mol. The number of carbonyl (C=O) groups excluding carboxylic acids is 1. The topological polar surface area (TPSA) is 46.4 Å². The lowest BCUT2D eigenvalue weighted by Crippen LogP contribution is -2.18. The number of hydrogen-bond donors (Lipinski definition) is 1. The molecule has 0 saturated heterocycles. The van der Waals surface area contributed by atoms with Crippen molar-refractivity contribution in [3.8, 4) is 5.69 Å². The normalized spacial score (nSPS) is 11.8. The Kier molecular flexibility index (Phi) is 6.24. The van der Waals surface area contributed by atoms with Crippen LogP contribution in [0.5, 0.6) is 0 Å². The van der Waals surface area contributed by atoms with Crippen LogP contribution in [0, 0.1) is 13.8 Å². The first-order chi connectivity index (χ1) is 14.1. The molecule has 0 fully saturated rings. The minimum Gasteiger partial charge on any atom is -0.318 e. The Morgan fingerprint density at radius 2 is 1.80 bits per heavy atom. The second-order valence-corrected chi connectivity index (χ2v) is 7.35. The molecular formula is C21H16Cl2F3N3O. The highest BCUT2D eigenvalue weighted by Gasteiger charge is 2.30. The summed E-state index contributed by atoms with van der Waals surface area (Å²) in [6, 6.07) is 11.3. The van der Waals surface area contributed by atoms with E-state index in [1.807, 2.05) is 30.5 Å². The summed E-state index contributed by atoms with van der Waals surface area (Å²) >= 11 is 12.1. The molecule has 1 N–H and O–H groups in total. The van der Waals surface area contributed by atoms with Gasteiger partial charge in [-0.15, -0.1) is 0 Å². The van der Waals surface area contributed by atoms with E-state index in [9.17, 15) is 18.0 Å². The molecule has 0 bridgehead atoms. The number of alkyl halides is 3. The molecule has 156 valence electrons. The SMILES string of the molecule is Cc1cc(/C=N/NC(=O)c2cccc(C(F)(F)F)c2)c(C)n1-c1ccc(Cl)c(Cl)c1. The Hall–Kier alpha value is -2.77. The van der Waals surface area contributed by atoms with E-state index >= 15 is 0 Å². The average Bonchev–Trinajstić information content (AvgIpc) is 2.97. The van der Waals surface area contributed by atoms with Crippen molar-refractivity contribution in [2.24, 2.45) is 5.10 Å². The predicted octanol–water partition coefficient (Wildman–Crippen LogP) is 6.18. The van der Waals surface area contributed by atoms with E-state index in [0.29, 0.717) is 10.0 Å². The number of carbonyl (C=O) groups is 1. The lowest BCUT2D eigenvalue weighted by Gasteiger charge is -2.10. The summed E-state index contributed by atoms with van der Waals surface area (Å²) in [5.41, 5.74) is 4.49. The number of nitrogens with zero attached hydrogens (tertiary/aromatic N) is 2. The monoisotopic (exact) mass is 453 g/mol. The van der Waals surface area contributed by atoms with E-state index in [2.05, 4.69) is 10.5 Å². The number of halogens is 5. The van der Waals surface area contributed by atoms with Gasteiger partial charge in [-0.3, -0.25) is 4.79 Å². The van der Waals surface area contributed by atoms with Crippen molar-refractivity contribution in [3.63, 3.8) is 0 Å². The molecule has 1 amide bonds. The van der Waals surface area contributed by atoms with E-state index in [1.54, 1.807) is 12.1 Å². The molecule has 0 radical (unpaired) electrons. The van der Waals surface area contributed by atoms with E-state index in [4.69, 9.17) is 23.2 Å². The molecule has 1 heterocycles. The number of hydrazone groups is 1. The molecule has 0 aliphatic carbocycles. The van der Waals surface area contributed by atoms with Crippen LogP contribution in [0.15, 0.2) is 53.6 Å². The molecule has 3 aromatic rings. The zero-order valence-electron chi connectivity index (χ0n) is 15.9. The molecule has 0 aliphatic heterocycles. The highest BCUT2D eigenvalue weighted by Crippen LogP contribution is 2.30. The molecule has 0 spiro atoms. The van der Waals surface area contributed by atoms with Crippen LogP contribution in [0.2, 0.25) is 10.0 Å². The van der Waals surface area contributed by atoms with Crippen LogP contribution in [0.25, 0.3) is 5.69 Å². The van der Waals surface area contributed by atoms with Crippen LogP contribution in [0.3, 0.4) is 0 Å². The van der Waals surface area contributed by atoms with Gasteiger partial charge in [0.25, 0.3) is 5.91 Å². The molecule has 0 unspecified atom stereocenters. The maximum absolute atomic E-state index is 12.8. The van der Waals surface area contributed by atoms with Crippen molar-refractivity contribution in [2.45, 2.75) is 20.0 Å². The van der Waals surface area contributed by atoms with Crippen molar-refractivity contribution in [3.05, 3.63) is 86.7 Å². The Labute approximate surface area is 180 Å². The summed E-state index contributed by atoms with van der Waals surface area (Å²) in [5.74, 6) is -0.740.